The van der Waals surface area contributed by atoms with E-state index in [2.05, 4.69) is 4.98 Å². The van der Waals surface area contributed by atoms with Crippen molar-refractivity contribution >= 4 is 28.4 Å². The van der Waals surface area contributed by atoms with Crippen LogP contribution in [-0.2, 0) is 0 Å². The summed E-state index contributed by atoms with van der Waals surface area (Å²) < 4.78 is 1.45. The van der Waals surface area contributed by atoms with Gasteiger partial charge < -0.3 is 0 Å². The maximum absolute atomic E-state index is 12.5. The summed E-state index contributed by atoms with van der Waals surface area (Å²) in [6.45, 7) is 0. The fraction of sp³-hybridized carbons (Fsp3) is 0. The zero-order valence-electron chi connectivity index (χ0n) is 10.1. The molecule has 0 saturated heterocycles. The van der Waals surface area contributed by atoms with Gasteiger partial charge in [0, 0.05) is 5.56 Å². The standard InChI is InChI=1S/C15H7ClN2O2/c16-10-6-3-7-11-12(10)14(19)17-13-8-4-1-2-5-9(8)15(20)18(11)13/h1-7H. The number of rotatable bonds is 0. The highest BCUT2D eigenvalue weighted by Crippen LogP contribution is 2.32. The summed E-state index contributed by atoms with van der Waals surface area (Å²) in [5, 5.41) is 0.582. The highest BCUT2D eigenvalue weighted by Gasteiger charge is 2.29. The summed E-state index contributed by atoms with van der Waals surface area (Å²) in [5.74, 6) is 0.195. The molecule has 2 heterocycles. The van der Waals surface area contributed by atoms with Gasteiger partial charge in [-0.25, -0.2) is 0 Å². The average molecular weight is 283 g/mol. The molecule has 5 heteroatoms. The molecule has 0 amide bonds. The number of aromatic nitrogens is 2. The number of hydrogen-bond acceptors (Lipinski definition) is 3. The van der Waals surface area contributed by atoms with Gasteiger partial charge >= 0.3 is 0 Å². The topological polar surface area (TPSA) is 52.0 Å². The first-order chi connectivity index (χ1) is 9.68. The minimum atomic E-state index is -0.415. The van der Waals surface area contributed by atoms with E-state index in [1.807, 2.05) is 6.07 Å². The van der Waals surface area contributed by atoms with Crippen molar-refractivity contribution in [3.05, 3.63) is 63.4 Å². The lowest BCUT2D eigenvalue weighted by atomic mass is 10.1. The Morgan fingerprint density at radius 2 is 1.70 bits per heavy atom. The normalized spacial score (nSPS) is 12.6. The third kappa shape index (κ3) is 1.29. The molecule has 1 aliphatic rings. The van der Waals surface area contributed by atoms with Gasteiger partial charge in [-0.2, -0.15) is 4.98 Å². The van der Waals surface area contributed by atoms with Crippen LogP contribution in [0.2, 0.25) is 5.02 Å². The lowest BCUT2D eigenvalue weighted by Gasteiger charge is -2.07. The highest BCUT2D eigenvalue weighted by atomic mass is 35.5. The van der Waals surface area contributed by atoms with Gasteiger partial charge in [0.15, 0.2) is 5.82 Å². The molecule has 1 aromatic heterocycles. The Morgan fingerprint density at radius 3 is 2.50 bits per heavy atom. The van der Waals surface area contributed by atoms with E-state index in [0.717, 1.165) is 0 Å². The molecule has 0 atom stereocenters. The van der Waals surface area contributed by atoms with Crippen LogP contribution < -0.4 is 5.56 Å². The number of nitrogens with zero attached hydrogens (tertiary/aromatic N) is 2. The number of halogens is 1. The van der Waals surface area contributed by atoms with Crippen molar-refractivity contribution in [2.45, 2.75) is 0 Å². The second kappa shape index (κ2) is 3.77. The number of fused-ring (bicyclic) bond motifs is 5. The van der Waals surface area contributed by atoms with Crippen LogP contribution in [0.4, 0.5) is 0 Å². The van der Waals surface area contributed by atoms with Crippen LogP contribution in [0.25, 0.3) is 22.3 Å². The molecule has 20 heavy (non-hydrogen) atoms. The van der Waals surface area contributed by atoms with Crippen LogP contribution in [0.1, 0.15) is 10.4 Å². The Balaban J connectivity index is 2.25. The molecule has 0 N–H and O–H groups in total. The molecule has 0 unspecified atom stereocenters. The van der Waals surface area contributed by atoms with Crippen LogP contribution in [0.15, 0.2) is 47.3 Å². The van der Waals surface area contributed by atoms with Crippen molar-refractivity contribution in [1.82, 2.24) is 9.55 Å². The zero-order valence-corrected chi connectivity index (χ0v) is 10.9. The van der Waals surface area contributed by atoms with Gasteiger partial charge in [0.05, 0.1) is 21.5 Å². The number of carbonyl (C=O) groups excluding carboxylic acids is 1. The minimum absolute atomic E-state index is 0.185. The SMILES string of the molecule is O=C1c2ccccc2-c2nc(=O)c3c(Cl)cccc3n21. The van der Waals surface area contributed by atoms with Crippen molar-refractivity contribution in [2.24, 2.45) is 0 Å². The summed E-state index contributed by atoms with van der Waals surface area (Å²) in [4.78, 5) is 28.7. The summed E-state index contributed by atoms with van der Waals surface area (Å²) in [5.41, 5.74) is 1.30. The van der Waals surface area contributed by atoms with Gasteiger partial charge in [-0.05, 0) is 18.2 Å². The Kier molecular flexibility index (Phi) is 2.15. The smallest absolute Gasteiger partial charge is 0.268 e. The monoisotopic (exact) mass is 282 g/mol. The maximum atomic E-state index is 12.5. The molecule has 0 spiro atoms. The van der Waals surface area contributed by atoms with Gasteiger partial charge in [-0.1, -0.05) is 35.9 Å². The van der Waals surface area contributed by atoms with Crippen LogP contribution in [0.3, 0.4) is 0 Å². The summed E-state index contributed by atoms with van der Waals surface area (Å²) >= 11 is 6.06. The molecular formula is C15H7ClN2O2. The van der Waals surface area contributed by atoms with E-state index in [1.54, 1.807) is 36.4 Å². The molecule has 96 valence electrons. The lowest BCUT2D eigenvalue weighted by Crippen LogP contribution is -2.17. The quantitative estimate of drug-likeness (QED) is 0.498. The Bertz CT molecular complexity index is 960. The summed E-state index contributed by atoms with van der Waals surface area (Å²) in [6, 6.07) is 12.2. The van der Waals surface area contributed by atoms with Gasteiger partial charge in [-0.3, -0.25) is 14.2 Å². The molecule has 0 aliphatic carbocycles. The van der Waals surface area contributed by atoms with Gasteiger partial charge in [-0.15, -0.1) is 0 Å². The fourth-order valence-electron chi connectivity index (χ4n) is 2.60. The molecule has 0 saturated carbocycles. The Labute approximate surface area is 118 Å². The van der Waals surface area contributed by atoms with Crippen molar-refractivity contribution < 1.29 is 4.79 Å². The van der Waals surface area contributed by atoms with E-state index in [4.69, 9.17) is 11.6 Å². The highest BCUT2D eigenvalue weighted by molar-refractivity contribution is 6.35. The van der Waals surface area contributed by atoms with Crippen LogP contribution >= 0.6 is 11.6 Å². The Hall–Kier alpha value is -2.46. The molecule has 4 nitrogen and oxygen atoms in total. The second-order valence-corrected chi connectivity index (χ2v) is 4.97. The van der Waals surface area contributed by atoms with Gasteiger partial charge in [0.1, 0.15) is 0 Å². The first kappa shape index (κ1) is 11.4. The molecule has 0 fully saturated rings. The molecular weight excluding hydrogens is 276 g/mol. The number of benzene rings is 2. The summed E-state index contributed by atoms with van der Waals surface area (Å²) in [6.07, 6.45) is 0. The van der Waals surface area contributed by atoms with E-state index in [9.17, 15) is 9.59 Å². The van der Waals surface area contributed by atoms with Gasteiger partial charge in [0.25, 0.3) is 11.5 Å². The Morgan fingerprint density at radius 1 is 0.950 bits per heavy atom. The number of hydrogen-bond donors (Lipinski definition) is 0. The fourth-order valence-corrected chi connectivity index (χ4v) is 2.85. The van der Waals surface area contributed by atoms with E-state index in [0.29, 0.717) is 27.5 Å². The van der Waals surface area contributed by atoms with E-state index < -0.39 is 5.56 Å². The largest absolute Gasteiger partial charge is 0.282 e. The summed E-state index contributed by atoms with van der Waals surface area (Å²) in [7, 11) is 0. The van der Waals surface area contributed by atoms with Gasteiger partial charge in [0.2, 0.25) is 0 Å². The van der Waals surface area contributed by atoms with Crippen molar-refractivity contribution in [2.75, 3.05) is 0 Å². The average Bonchev–Trinajstić information content (AvgIpc) is 2.73. The van der Waals surface area contributed by atoms with E-state index >= 15 is 0 Å². The van der Waals surface area contributed by atoms with Crippen LogP contribution in [-0.4, -0.2) is 15.5 Å². The third-order valence-electron chi connectivity index (χ3n) is 3.47. The second-order valence-electron chi connectivity index (χ2n) is 4.56. The number of carbonyl (C=O) groups is 1. The molecule has 0 radical (unpaired) electrons. The first-order valence-corrected chi connectivity index (χ1v) is 6.41. The van der Waals surface area contributed by atoms with Crippen molar-refractivity contribution in [3.63, 3.8) is 0 Å². The molecule has 1 aliphatic heterocycles. The zero-order chi connectivity index (χ0) is 13.9. The van der Waals surface area contributed by atoms with E-state index in [-0.39, 0.29) is 11.3 Å². The third-order valence-corrected chi connectivity index (χ3v) is 3.78. The van der Waals surface area contributed by atoms with Crippen LogP contribution in [0.5, 0.6) is 0 Å². The van der Waals surface area contributed by atoms with Crippen LogP contribution in [0, 0.1) is 0 Å². The lowest BCUT2D eigenvalue weighted by molar-refractivity contribution is 0.0972. The predicted octanol–water partition coefficient (Wildman–Crippen LogP) is 2.72. The predicted molar refractivity (Wildman–Crippen MR) is 76.2 cm³/mol. The molecule has 2 aromatic carbocycles. The molecule has 3 aromatic rings. The first-order valence-electron chi connectivity index (χ1n) is 6.04. The van der Waals surface area contributed by atoms with E-state index in [1.165, 1.54) is 4.57 Å². The molecule has 0 bridgehead atoms. The van der Waals surface area contributed by atoms with Crippen molar-refractivity contribution in [3.8, 4) is 11.4 Å². The van der Waals surface area contributed by atoms with Crippen molar-refractivity contribution in [1.29, 1.82) is 0 Å². The maximum Gasteiger partial charge on any atom is 0.282 e. The minimum Gasteiger partial charge on any atom is -0.268 e. The molecule has 4 rings (SSSR count).